The summed E-state index contributed by atoms with van der Waals surface area (Å²) in [6, 6.07) is 5.40. The van der Waals surface area contributed by atoms with E-state index in [1.54, 1.807) is 18.4 Å². The number of halogens is 2. The van der Waals surface area contributed by atoms with Crippen LogP contribution < -0.4 is 0 Å². The summed E-state index contributed by atoms with van der Waals surface area (Å²) in [7, 11) is -0.812. The molecular weight excluding hydrogens is 407 g/mol. The van der Waals surface area contributed by atoms with E-state index in [0.717, 1.165) is 18.7 Å². The highest BCUT2D eigenvalue weighted by Crippen LogP contribution is 2.34. The third-order valence-corrected chi connectivity index (χ3v) is 7.54. The van der Waals surface area contributed by atoms with Crippen molar-refractivity contribution in [1.29, 1.82) is 0 Å². The minimum absolute atomic E-state index is 0.142. The van der Waals surface area contributed by atoms with E-state index in [9.17, 15) is 9.00 Å². The summed E-state index contributed by atoms with van der Waals surface area (Å²) in [5, 5.41) is 0.869. The number of hydrogen-bond acceptors (Lipinski definition) is 4. The average molecular weight is 435 g/mol. The number of carbonyl (C=O) groups is 1. The predicted molar refractivity (Wildman–Crippen MR) is 114 cm³/mol. The van der Waals surface area contributed by atoms with Gasteiger partial charge in [-0.05, 0) is 50.4 Å². The Balaban J connectivity index is 2.14. The van der Waals surface area contributed by atoms with Gasteiger partial charge in [-0.25, -0.2) is 4.31 Å². The third kappa shape index (κ3) is 5.18. The van der Waals surface area contributed by atoms with Crippen LogP contribution in [0.15, 0.2) is 18.2 Å². The van der Waals surface area contributed by atoms with Crippen molar-refractivity contribution < 1.29 is 13.7 Å². The molecule has 0 N–H and O–H groups in total. The maximum Gasteiger partial charge on any atom is 0.316 e. The van der Waals surface area contributed by atoms with Crippen molar-refractivity contribution in [2.45, 2.75) is 31.7 Å². The molecule has 0 radical (unpaired) electrons. The summed E-state index contributed by atoms with van der Waals surface area (Å²) >= 11 is 12.2. The third-order valence-electron chi connectivity index (χ3n) is 5.27. The molecule has 1 saturated heterocycles. The molecule has 8 heteroatoms. The minimum atomic E-state index is -2.21. The van der Waals surface area contributed by atoms with Gasteiger partial charge in [-0.2, -0.15) is 0 Å². The first kappa shape index (κ1) is 22.5. The standard InChI is InChI=1S/C19H28Cl2N2O3S/c1-14-13-22(10-11-23(14)27(4,5)25)9-8-19(2,18(24)26-3)15-6-7-16(20)17(21)12-15/h6-7,12,14H,4,8-11,13H2,1-3,5H3. The Labute approximate surface area is 172 Å². The van der Waals surface area contributed by atoms with E-state index >= 15 is 0 Å². The van der Waals surface area contributed by atoms with E-state index in [1.807, 2.05) is 17.3 Å². The molecule has 27 heavy (non-hydrogen) atoms. The molecule has 1 heterocycles. The van der Waals surface area contributed by atoms with Crippen molar-refractivity contribution in [2.75, 3.05) is 39.5 Å². The van der Waals surface area contributed by atoms with Crippen LogP contribution in [0.25, 0.3) is 0 Å². The van der Waals surface area contributed by atoms with Crippen LogP contribution in [0.5, 0.6) is 0 Å². The normalized spacial score (nSPS) is 23.4. The summed E-state index contributed by atoms with van der Waals surface area (Å²) in [5.41, 5.74) is -0.0432. The van der Waals surface area contributed by atoms with Gasteiger partial charge < -0.3 is 9.64 Å². The second kappa shape index (κ2) is 8.70. The first-order chi connectivity index (χ1) is 12.5. The molecule has 3 atom stereocenters. The highest BCUT2D eigenvalue weighted by Gasteiger charge is 2.38. The Hall–Kier alpha value is -0.790. The van der Waals surface area contributed by atoms with Crippen LogP contribution in [-0.4, -0.2) is 70.8 Å². The Kier molecular flexibility index (Phi) is 7.25. The Morgan fingerprint density at radius 1 is 1.37 bits per heavy atom. The molecule has 3 unspecified atom stereocenters. The molecular formula is C19H28Cl2N2O3S. The van der Waals surface area contributed by atoms with Crippen LogP contribution in [0.4, 0.5) is 0 Å². The SMILES string of the molecule is C=S(C)(=O)N1CCN(CCC(C)(C(=O)OC)c2ccc(Cl)c(Cl)c2)CC1C. The average Bonchev–Trinajstić information content (AvgIpc) is 2.60. The number of methoxy groups -OCH3 is 1. The molecule has 1 aromatic carbocycles. The Morgan fingerprint density at radius 2 is 2.04 bits per heavy atom. The van der Waals surface area contributed by atoms with Crippen LogP contribution in [0.2, 0.25) is 10.0 Å². The Morgan fingerprint density at radius 3 is 2.56 bits per heavy atom. The molecule has 0 aliphatic carbocycles. The van der Waals surface area contributed by atoms with Crippen LogP contribution in [-0.2, 0) is 24.7 Å². The van der Waals surface area contributed by atoms with Crippen molar-refractivity contribution in [3.8, 4) is 0 Å². The van der Waals surface area contributed by atoms with Crippen molar-refractivity contribution >= 4 is 44.7 Å². The molecule has 0 aromatic heterocycles. The van der Waals surface area contributed by atoms with E-state index in [0.29, 0.717) is 29.6 Å². The van der Waals surface area contributed by atoms with Gasteiger partial charge in [-0.3, -0.25) is 9.00 Å². The topological polar surface area (TPSA) is 49.9 Å². The predicted octanol–water partition coefficient (Wildman–Crippen LogP) is 3.08. The quantitative estimate of drug-likeness (QED) is 0.509. The highest BCUT2D eigenvalue weighted by atomic mass is 35.5. The number of ether oxygens (including phenoxy) is 1. The van der Waals surface area contributed by atoms with Gasteiger partial charge >= 0.3 is 5.97 Å². The van der Waals surface area contributed by atoms with Gasteiger partial charge in [0, 0.05) is 41.6 Å². The van der Waals surface area contributed by atoms with Crippen molar-refractivity contribution in [2.24, 2.45) is 0 Å². The van der Waals surface area contributed by atoms with Gasteiger partial charge in [-0.1, -0.05) is 29.3 Å². The number of piperazine rings is 1. The van der Waals surface area contributed by atoms with Gasteiger partial charge in [0.1, 0.15) is 0 Å². The van der Waals surface area contributed by atoms with Gasteiger partial charge in [0.2, 0.25) is 0 Å². The lowest BCUT2D eigenvalue weighted by molar-refractivity contribution is -0.147. The number of carbonyl (C=O) groups excluding carboxylic acids is 1. The zero-order valence-corrected chi connectivity index (χ0v) is 18.7. The van der Waals surface area contributed by atoms with Gasteiger partial charge in [0.25, 0.3) is 0 Å². The number of rotatable bonds is 6. The number of esters is 1. The van der Waals surface area contributed by atoms with E-state index in [2.05, 4.69) is 17.7 Å². The lowest BCUT2D eigenvalue weighted by Crippen LogP contribution is -2.54. The molecule has 1 aliphatic heterocycles. The van der Waals surface area contributed by atoms with Crippen molar-refractivity contribution in [3.05, 3.63) is 33.8 Å². The monoisotopic (exact) mass is 434 g/mol. The summed E-state index contributed by atoms with van der Waals surface area (Å²) < 4.78 is 19.3. The molecule has 1 fully saturated rings. The summed E-state index contributed by atoms with van der Waals surface area (Å²) in [6.45, 7) is 6.89. The van der Waals surface area contributed by atoms with Crippen LogP contribution in [0, 0.1) is 0 Å². The summed E-state index contributed by atoms with van der Waals surface area (Å²) in [6.07, 6.45) is 2.26. The van der Waals surface area contributed by atoms with Gasteiger partial charge in [-0.15, -0.1) is 0 Å². The fourth-order valence-corrected chi connectivity index (χ4v) is 5.20. The molecule has 152 valence electrons. The maximum atomic E-state index is 12.6. The summed E-state index contributed by atoms with van der Waals surface area (Å²) in [5.74, 6) is 3.49. The number of hydrogen-bond donors (Lipinski definition) is 0. The smallest absolute Gasteiger partial charge is 0.316 e. The van der Waals surface area contributed by atoms with E-state index in [-0.39, 0.29) is 12.0 Å². The molecule has 0 spiro atoms. The zero-order chi connectivity index (χ0) is 20.4. The number of benzene rings is 1. The van der Waals surface area contributed by atoms with E-state index in [1.165, 1.54) is 7.11 Å². The summed E-state index contributed by atoms with van der Waals surface area (Å²) in [4.78, 5) is 14.9. The van der Waals surface area contributed by atoms with Crippen LogP contribution in [0.3, 0.4) is 0 Å². The lowest BCUT2D eigenvalue weighted by Gasteiger charge is -2.41. The van der Waals surface area contributed by atoms with Crippen molar-refractivity contribution in [3.63, 3.8) is 0 Å². The Bertz CT molecular complexity index is 800. The van der Waals surface area contributed by atoms with E-state index < -0.39 is 15.1 Å². The fourth-order valence-electron chi connectivity index (χ4n) is 3.60. The molecule has 1 aromatic rings. The van der Waals surface area contributed by atoms with Crippen molar-refractivity contribution in [1.82, 2.24) is 9.21 Å². The molecule has 0 amide bonds. The lowest BCUT2D eigenvalue weighted by atomic mass is 9.79. The highest BCUT2D eigenvalue weighted by molar-refractivity contribution is 7.97. The number of nitrogens with zero attached hydrogens (tertiary/aromatic N) is 2. The molecule has 0 saturated carbocycles. The first-order valence-electron chi connectivity index (χ1n) is 8.84. The zero-order valence-electron chi connectivity index (χ0n) is 16.3. The minimum Gasteiger partial charge on any atom is -0.468 e. The molecule has 2 rings (SSSR count). The largest absolute Gasteiger partial charge is 0.468 e. The fraction of sp³-hybridized carbons (Fsp3) is 0.579. The maximum absolute atomic E-state index is 12.6. The molecule has 1 aliphatic rings. The second-order valence-corrected chi connectivity index (χ2v) is 10.7. The van der Waals surface area contributed by atoms with Gasteiger partial charge in [0.05, 0.1) is 22.6 Å². The second-order valence-electron chi connectivity index (χ2n) is 7.45. The first-order valence-corrected chi connectivity index (χ1v) is 11.7. The van der Waals surface area contributed by atoms with Crippen LogP contribution in [0.1, 0.15) is 25.8 Å². The van der Waals surface area contributed by atoms with Gasteiger partial charge in [0.15, 0.2) is 0 Å². The molecule has 5 nitrogen and oxygen atoms in total. The van der Waals surface area contributed by atoms with Crippen LogP contribution >= 0.6 is 23.2 Å². The molecule has 0 bridgehead atoms. The van der Waals surface area contributed by atoms with E-state index in [4.69, 9.17) is 27.9 Å².